The van der Waals surface area contributed by atoms with Crippen molar-refractivity contribution in [1.82, 2.24) is 34.6 Å². The maximum Gasteiger partial charge on any atom is 0.143 e. The second-order valence-corrected chi connectivity index (χ2v) is 8.32. The Balaban J connectivity index is 1.22. The van der Waals surface area contributed by atoms with Crippen molar-refractivity contribution in [3.05, 3.63) is 66.9 Å². The van der Waals surface area contributed by atoms with Gasteiger partial charge in [-0.2, -0.15) is 5.10 Å². The number of aromatic nitrogens is 6. The molecule has 0 bridgehead atoms. The molecule has 3 aromatic heterocycles. The number of carbonyl (C=O) groups excluding carboxylic acids is 1. The van der Waals surface area contributed by atoms with E-state index in [0.29, 0.717) is 5.82 Å². The van der Waals surface area contributed by atoms with Gasteiger partial charge in [0.25, 0.3) is 0 Å². The third kappa shape index (κ3) is 4.55. The van der Waals surface area contributed by atoms with Crippen LogP contribution in [0.4, 0.5) is 0 Å². The third-order valence-electron chi connectivity index (χ3n) is 6.03. The normalized spacial score (nSPS) is 15.3. The third-order valence-corrected chi connectivity index (χ3v) is 6.03. The summed E-state index contributed by atoms with van der Waals surface area (Å²) in [5, 5.41) is 5.20. The zero-order valence-corrected chi connectivity index (χ0v) is 18.1. The van der Waals surface area contributed by atoms with Gasteiger partial charge in [-0.15, -0.1) is 0 Å². The Morgan fingerprint density at radius 2 is 1.84 bits per heavy atom. The van der Waals surface area contributed by atoms with E-state index in [2.05, 4.69) is 29.9 Å². The Hall–Kier alpha value is -3.52. The van der Waals surface area contributed by atoms with Crippen LogP contribution in [0.25, 0.3) is 22.0 Å². The summed E-state index contributed by atoms with van der Waals surface area (Å²) in [7, 11) is 1.90. The lowest BCUT2D eigenvalue weighted by Gasteiger charge is -2.30. The van der Waals surface area contributed by atoms with Crippen molar-refractivity contribution in [2.45, 2.75) is 25.8 Å². The lowest BCUT2D eigenvalue weighted by Crippen LogP contribution is -2.36. The molecule has 4 aromatic rings. The van der Waals surface area contributed by atoms with E-state index >= 15 is 0 Å². The van der Waals surface area contributed by atoms with Crippen molar-refractivity contribution < 1.29 is 4.79 Å². The van der Waals surface area contributed by atoms with E-state index in [1.807, 2.05) is 43.7 Å². The fourth-order valence-electron chi connectivity index (χ4n) is 4.22. The summed E-state index contributed by atoms with van der Waals surface area (Å²) < 4.78 is 1.78. The Labute approximate surface area is 186 Å². The molecule has 8 heteroatoms. The van der Waals surface area contributed by atoms with E-state index in [0.717, 1.165) is 60.3 Å². The number of benzene rings is 1. The van der Waals surface area contributed by atoms with Crippen molar-refractivity contribution in [2.24, 2.45) is 13.0 Å². The van der Waals surface area contributed by atoms with Crippen LogP contribution in [-0.4, -0.2) is 53.5 Å². The number of Topliss-reactive ketones (excluding diaryl/α,β-unsaturated/α-hetero) is 1. The van der Waals surface area contributed by atoms with Gasteiger partial charge in [0, 0.05) is 48.7 Å². The highest BCUT2D eigenvalue weighted by Crippen LogP contribution is 2.24. The molecule has 1 aliphatic rings. The predicted octanol–water partition coefficient (Wildman–Crippen LogP) is 2.84. The lowest BCUT2D eigenvalue weighted by atomic mass is 9.91. The first-order valence-electron chi connectivity index (χ1n) is 10.9. The molecule has 32 heavy (non-hydrogen) atoms. The van der Waals surface area contributed by atoms with E-state index < -0.39 is 0 Å². The fraction of sp³-hybridized carbons (Fsp3) is 0.333. The minimum absolute atomic E-state index is 0.0592. The van der Waals surface area contributed by atoms with Gasteiger partial charge in [-0.3, -0.25) is 14.4 Å². The van der Waals surface area contributed by atoms with Gasteiger partial charge in [-0.1, -0.05) is 12.1 Å². The van der Waals surface area contributed by atoms with Gasteiger partial charge < -0.3 is 0 Å². The van der Waals surface area contributed by atoms with Gasteiger partial charge in [0.2, 0.25) is 0 Å². The molecule has 1 aromatic carbocycles. The molecule has 0 radical (unpaired) electrons. The number of fused-ring (bicyclic) bond motifs is 1. The minimum atomic E-state index is 0.0592. The molecule has 0 spiro atoms. The molecule has 0 saturated carbocycles. The first-order valence-corrected chi connectivity index (χ1v) is 10.9. The van der Waals surface area contributed by atoms with Crippen LogP contribution in [0.3, 0.4) is 0 Å². The van der Waals surface area contributed by atoms with E-state index in [9.17, 15) is 4.79 Å². The Kier molecular flexibility index (Phi) is 5.68. The number of hydrogen-bond acceptors (Lipinski definition) is 7. The zero-order valence-electron chi connectivity index (χ0n) is 18.1. The molecule has 0 aliphatic carbocycles. The van der Waals surface area contributed by atoms with Gasteiger partial charge in [-0.05, 0) is 43.6 Å². The molecule has 1 saturated heterocycles. The average molecular weight is 428 g/mol. The largest absolute Gasteiger partial charge is 0.299 e. The van der Waals surface area contributed by atoms with Crippen molar-refractivity contribution in [2.75, 3.05) is 13.1 Å². The molecule has 0 amide bonds. The molecule has 5 rings (SSSR count). The van der Waals surface area contributed by atoms with Crippen LogP contribution in [0.15, 0.2) is 55.2 Å². The molecular formula is C24H25N7O. The van der Waals surface area contributed by atoms with Gasteiger partial charge in [-0.25, -0.2) is 19.9 Å². The SMILES string of the molecule is Cn1cc(-c2ccc3cnc(CC(=O)C4CCN(Cc5ncccn5)CC4)nc3c2)cn1. The highest BCUT2D eigenvalue weighted by Gasteiger charge is 2.26. The van der Waals surface area contributed by atoms with Crippen LogP contribution >= 0.6 is 0 Å². The van der Waals surface area contributed by atoms with Crippen LogP contribution in [0.5, 0.6) is 0 Å². The van der Waals surface area contributed by atoms with Crippen LogP contribution in [0, 0.1) is 5.92 Å². The number of rotatable bonds is 6. The molecule has 162 valence electrons. The number of aryl methyl sites for hydroxylation is 1. The summed E-state index contributed by atoms with van der Waals surface area (Å²) in [6.45, 7) is 2.48. The predicted molar refractivity (Wildman–Crippen MR) is 120 cm³/mol. The standard InChI is InChI=1S/C24H25N7O/c1-30-15-20(14-28-30)18-3-4-19-13-27-23(29-21(19)11-18)12-22(32)17-5-9-31(10-6-17)16-24-25-7-2-8-26-24/h2-4,7-8,11,13-15,17H,5-6,9-10,12,16H2,1H3. The molecule has 0 N–H and O–H groups in total. The van der Waals surface area contributed by atoms with E-state index in [-0.39, 0.29) is 18.1 Å². The summed E-state index contributed by atoms with van der Waals surface area (Å²) >= 11 is 0. The quantitative estimate of drug-likeness (QED) is 0.467. The molecule has 8 nitrogen and oxygen atoms in total. The molecular weight excluding hydrogens is 402 g/mol. The number of likely N-dealkylation sites (tertiary alicyclic amines) is 1. The average Bonchev–Trinajstić information content (AvgIpc) is 3.26. The fourth-order valence-corrected chi connectivity index (χ4v) is 4.22. The second-order valence-electron chi connectivity index (χ2n) is 8.32. The van der Waals surface area contributed by atoms with Crippen molar-refractivity contribution in [1.29, 1.82) is 0 Å². The van der Waals surface area contributed by atoms with Gasteiger partial charge in [0.15, 0.2) is 0 Å². The summed E-state index contributed by atoms with van der Waals surface area (Å²) in [6, 6.07) is 7.91. The molecule has 4 heterocycles. The Morgan fingerprint density at radius 1 is 1.03 bits per heavy atom. The van der Waals surface area contributed by atoms with E-state index in [4.69, 9.17) is 0 Å². The summed E-state index contributed by atoms with van der Waals surface area (Å²) in [4.78, 5) is 33.0. The minimum Gasteiger partial charge on any atom is -0.299 e. The molecule has 1 aliphatic heterocycles. The summed E-state index contributed by atoms with van der Waals surface area (Å²) in [6.07, 6.45) is 11.1. The van der Waals surface area contributed by atoms with Crippen LogP contribution in [0.2, 0.25) is 0 Å². The topological polar surface area (TPSA) is 89.7 Å². The number of hydrogen-bond donors (Lipinski definition) is 0. The number of piperidine rings is 1. The smallest absolute Gasteiger partial charge is 0.143 e. The van der Waals surface area contributed by atoms with Crippen molar-refractivity contribution in [3.8, 4) is 11.1 Å². The monoisotopic (exact) mass is 427 g/mol. The van der Waals surface area contributed by atoms with Gasteiger partial charge in [0.1, 0.15) is 17.4 Å². The highest BCUT2D eigenvalue weighted by molar-refractivity contribution is 5.85. The summed E-state index contributed by atoms with van der Waals surface area (Å²) in [5.41, 5.74) is 2.94. The van der Waals surface area contributed by atoms with Crippen molar-refractivity contribution >= 4 is 16.7 Å². The Bertz CT molecular complexity index is 1230. The van der Waals surface area contributed by atoms with E-state index in [1.54, 1.807) is 23.3 Å². The van der Waals surface area contributed by atoms with Crippen molar-refractivity contribution in [3.63, 3.8) is 0 Å². The van der Waals surface area contributed by atoms with Crippen LogP contribution < -0.4 is 0 Å². The zero-order chi connectivity index (χ0) is 21.9. The van der Waals surface area contributed by atoms with Crippen LogP contribution in [-0.2, 0) is 24.8 Å². The number of carbonyl (C=O) groups is 1. The highest BCUT2D eigenvalue weighted by atomic mass is 16.1. The number of nitrogens with zero attached hydrogens (tertiary/aromatic N) is 7. The lowest BCUT2D eigenvalue weighted by molar-refractivity contribution is -0.123. The second kappa shape index (κ2) is 8.92. The summed E-state index contributed by atoms with van der Waals surface area (Å²) in [5.74, 6) is 1.70. The Morgan fingerprint density at radius 3 is 2.59 bits per heavy atom. The van der Waals surface area contributed by atoms with E-state index in [1.165, 1.54) is 0 Å². The molecule has 1 fully saturated rings. The molecule has 0 atom stereocenters. The number of ketones is 1. The van der Waals surface area contributed by atoms with Gasteiger partial charge >= 0.3 is 0 Å². The maximum absolute atomic E-state index is 12.9. The van der Waals surface area contributed by atoms with Gasteiger partial charge in [0.05, 0.1) is 24.7 Å². The van der Waals surface area contributed by atoms with Crippen LogP contribution in [0.1, 0.15) is 24.5 Å². The first kappa shape index (κ1) is 20.4. The first-order chi connectivity index (χ1) is 15.6. The molecule has 0 unspecified atom stereocenters. The maximum atomic E-state index is 12.9.